The Balaban J connectivity index is 0.00000341. The van der Waals surface area contributed by atoms with Crippen molar-refractivity contribution < 1.29 is 4.79 Å². The van der Waals surface area contributed by atoms with E-state index in [4.69, 9.17) is 4.98 Å². The zero-order chi connectivity index (χ0) is 21.8. The minimum Gasteiger partial charge on any atom is -0.309 e. The van der Waals surface area contributed by atoms with Crippen molar-refractivity contribution in [3.8, 4) is 0 Å². The summed E-state index contributed by atoms with van der Waals surface area (Å²) in [5.74, 6) is 0.124. The molecule has 31 heavy (non-hydrogen) atoms. The van der Waals surface area contributed by atoms with Crippen LogP contribution in [-0.2, 0) is 17.6 Å². The number of aryl methyl sites for hydroxylation is 4. The highest BCUT2D eigenvalue weighted by molar-refractivity contribution is 7.22. The molecule has 6 heteroatoms. The van der Waals surface area contributed by atoms with E-state index in [1.165, 1.54) is 22.3 Å². The van der Waals surface area contributed by atoms with Gasteiger partial charge in [-0.2, -0.15) is 0 Å². The number of nitrogens with zero attached hydrogens (tertiary/aromatic N) is 3. The molecule has 0 bridgehead atoms. The Hall–Kier alpha value is -1.95. The maximum atomic E-state index is 13.5. The fourth-order valence-corrected chi connectivity index (χ4v) is 4.97. The molecule has 0 radical (unpaired) electrons. The maximum absolute atomic E-state index is 13.5. The molecule has 1 aromatic heterocycles. The van der Waals surface area contributed by atoms with Gasteiger partial charge in [0.2, 0.25) is 5.91 Å². The second-order valence-electron chi connectivity index (χ2n) is 8.41. The Kier molecular flexibility index (Phi) is 9.04. The number of benzene rings is 2. The van der Waals surface area contributed by atoms with E-state index >= 15 is 0 Å². The molecule has 0 N–H and O–H groups in total. The lowest BCUT2D eigenvalue weighted by atomic mass is 9.97. The van der Waals surface area contributed by atoms with Crippen LogP contribution in [-0.4, -0.2) is 43.0 Å². The van der Waals surface area contributed by atoms with E-state index in [-0.39, 0.29) is 18.3 Å². The number of fused-ring (bicyclic) bond motifs is 1. The number of thiazole rings is 1. The third kappa shape index (κ3) is 6.28. The molecule has 168 valence electrons. The van der Waals surface area contributed by atoms with E-state index in [0.717, 1.165) is 40.3 Å². The molecule has 4 nitrogen and oxygen atoms in total. The van der Waals surface area contributed by atoms with Crippen molar-refractivity contribution in [1.29, 1.82) is 0 Å². The fraction of sp³-hybridized carbons (Fsp3) is 0.440. The van der Waals surface area contributed by atoms with Crippen LogP contribution in [0.15, 0.2) is 30.3 Å². The van der Waals surface area contributed by atoms with Crippen LogP contribution in [0.1, 0.15) is 41.2 Å². The first kappa shape index (κ1) is 25.3. The number of carbonyl (C=O) groups excluding carboxylic acids is 1. The van der Waals surface area contributed by atoms with Gasteiger partial charge in [0.1, 0.15) is 0 Å². The van der Waals surface area contributed by atoms with Gasteiger partial charge in [-0.05, 0) is 88.6 Å². The molecule has 0 unspecified atom stereocenters. The molecule has 3 aromatic rings. The van der Waals surface area contributed by atoms with Gasteiger partial charge in [-0.3, -0.25) is 9.69 Å². The average molecular weight is 460 g/mol. The van der Waals surface area contributed by atoms with Gasteiger partial charge in [0, 0.05) is 6.54 Å². The minimum absolute atomic E-state index is 0. The molecular weight excluding hydrogens is 426 g/mol. The summed E-state index contributed by atoms with van der Waals surface area (Å²) < 4.78 is 1.15. The quantitative estimate of drug-likeness (QED) is 0.431. The maximum Gasteiger partial charge on any atom is 0.233 e. The summed E-state index contributed by atoms with van der Waals surface area (Å²) in [5, 5.41) is 0.810. The predicted molar refractivity (Wildman–Crippen MR) is 136 cm³/mol. The third-order valence-corrected chi connectivity index (χ3v) is 6.58. The molecule has 0 saturated heterocycles. The number of carbonyl (C=O) groups is 1. The van der Waals surface area contributed by atoms with E-state index in [1.807, 2.05) is 4.90 Å². The number of amides is 1. The van der Waals surface area contributed by atoms with Crippen molar-refractivity contribution >= 4 is 45.0 Å². The standard InChI is InChI=1S/C25H33N3OS.ClH/c1-7-20-9-10-22-23(15-20)30-25(26-22)28(12-8-11-27(5)6)24(29)16-21-18(3)13-17(2)14-19(21)4;/h9-10,13-15H,7-8,11-12,16H2,1-6H3;1H. The van der Waals surface area contributed by atoms with Crippen LogP contribution in [0.2, 0.25) is 0 Å². The average Bonchev–Trinajstić information content (AvgIpc) is 3.10. The van der Waals surface area contributed by atoms with Gasteiger partial charge >= 0.3 is 0 Å². The molecule has 3 rings (SSSR count). The van der Waals surface area contributed by atoms with Crippen LogP contribution < -0.4 is 4.90 Å². The van der Waals surface area contributed by atoms with Gasteiger partial charge in [0.15, 0.2) is 5.13 Å². The highest BCUT2D eigenvalue weighted by Gasteiger charge is 2.21. The SMILES string of the molecule is CCc1ccc2nc(N(CCCN(C)C)C(=O)Cc3c(C)cc(C)cc3C)sc2c1.Cl. The van der Waals surface area contributed by atoms with Crippen molar-refractivity contribution in [2.45, 2.75) is 47.0 Å². The lowest BCUT2D eigenvalue weighted by Gasteiger charge is -2.22. The molecule has 0 aliphatic carbocycles. The first-order valence-electron chi connectivity index (χ1n) is 10.7. The predicted octanol–water partition coefficient (Wildman–Crippen LogP) is 5.73. The summed E-state index contributed by atoms with van der Waals surface area (Å²) in [6, 6.07) is 10.7. The van der Waals surface area contributed by atoms with E-state index in [1.54, 1.807) is 11.3 Å². The second kappa shape index (κ2) is 11.1. The smallest absolute Gasteiger partial charge is 0.233 e. The fourth-order valence-electron chi connectivity index (χ4n) is 3.90. The van der Waals surface area contributed by atoms with Crippen molar-refractivity contribution in [2.75, 3.05) is 32.1 Å². The van der Waals surface area contributed by atoms with Gasteiger partial charge < -0.3 is 4.90 Å². The Morgan fingerprint density at radius 3 is 2.32 bits per heavy atom. The summed E-state index contributed by atoms with van der Waals surface area (Å²) in [4.78, 5) is 22.3. The van der Waals surface area contributed by atoms with E-state index in [9.17, 15) is 4.79 Å². The Bertz CT molecular complexity index is 1020. The summed E-state index contributed by atoms with van der Waals surface area (Å²) in [5.41, 5.74) is 7.02. The first-order chi connectivity index (χ1) is 14.3. The Morgan fingerprint density at radius 1 is 1.03 bits per heavy atom. The number of aromatic nitrogens is 1. The number of rotatable bonds is 8. The number of hydrogen-bond acceptors (Lipinski definition) is 4. The van der Waals surface area contributed by atoms with Gasteiger partial charge in [-0.15, -0.1) is 12.4 Å². The monoisotopic (exact) mass is 459 g/mol. The van der Waals surface area contributed by atoms with E-state index < -0.39 is 0 Å². The topological polar surface area (TPSA) is 36.4 Å². The van der Waals surface area contributed by atoms with E-state index in [0.29, 0.717) is 13.0 Å². The Labute approximate surface area is 196 Å². The molecule has 0 spiro atoms. The summed E-state index contributed by atoms with van der Waals surface area (Å²) in [6.07, 6.45) is 2.33. The van der Waals surface area contributed by atoms with Crippen LogP contribution in [0.25, 0.3) is 10.2 Å². The van der Waals surface area contributed by atoms with Crippen LogP contribution in [0.3, 0.4) is 0 Å². The molecule has 1 amide bonds. The molecule has 0 fully saturated rings. The van der Waals surface area contributed by atoms with Gasteiger partial charge in [0.25, 0.3) is 0 Å². The molecule has 1 heterocycles. The third-order valence-electron chi connectivity index (χ3n) is 5.54. The summed E-state index contributed by atoms with van der Waals surface area (Å²) >= 11 is 1.62. The summed E-state index contributed by atoms with van der Waals surface area (Å²) in [7, 11) is 4.13. The molecule has 0 saturated carbocycles. The molecule has 0 aliphatic rings. The molecule has 2 aromatic carbocycles. The van der Waals surface area contributed by atoms with E-state index in [2.05, 4.69) is 77.0 Å². The lowest BCUT2D eigenvalue weighted by Crippen LogP contribution is -2.34. The van der Waals surface area contributed by atoms with Crippen molar-refractivity contribution in [1.82, 2.24) is 9.88 Å². The highest BCUT2D eigenvalue weighted by atomic mass is 35.5. The normalized spacial score (nSPS) is 11.1. The van der Waals surface area contributed by atoms with Crippen LogP contribution in [0.5, 0.6) is 0 Å². The first-order valence-corrected chi connectivity index (χ1v) is 11.5. The molecule has 0 atom stereocenters. The number of hydrogen-bond donors (Lipinski definition) is 0. The van der Waals surface area contributed by atoms with Gasteiger partial charge in [-0.1, -0.05) is 42.0 Å². The van der Waals surface area contributed by atoms with Crippen molar-refractivity contribution in [2.24, 2.45) is 0 Å². The second-order valence-corrected chi connectivity index (χ2v) is 9.42. The molecule has 0 aliphatic heterocycles. The minimum atomic E-state index is 0. The highest BCUT2D eigenvalue weighted by Crippen LogP contribution is 2.31. The zero-order valence-corrected chi connectivity index (χ0v) is 21.1. The zero-order valence-electron chi connectivity index (χ0n) is 19.5. The van der Waals surface area contributed by atoms with Gasteiger partial charge in [0.05, 0.1) is 16.6 Å². The number of anilines is 1. The van der Waals surface area contributed by atoms with Crippen molar-refractivity contribution in [3.63, 3.8) is 0 Å². The Morgan fingerprint density at radius 2 is 1.71 bits per heavy atom. The number of halogens is 1. The largest absolute Gasteiger partial charge is 0.309 e. The summed E-state index contributed by atoms with van der Waals surface area (Å²) in [6.45, 7) is 10.1. The molecular formula is C25H34ClN3OS. The lowest BCUT2D eigenvalue weighted by molar-refractivity contribution is -0.118. The van der Waals surface area contributed by atoms with Crippen molar-refractivity contribution in [3.05, 3.63) is 58.1 Å². The van der Waals surface area contributed by atoms with Crippen LogP contribution in [0.4, 0.5) is 5.13 Å². The van der Waals surface area contributed by atoms with Crippen LogP contribution in [0, 0.1) is 20.8 Å². The van der Waals surface area contributed by atoms with Crippen LogP contribution >= 0.6 is 23.7 Å². The van der Waals surface area contributed by atoms with Gasteiger partial charge in [-0.25, -0.2) is 4.98 Å².